The first-order valence-corrected chi connectivity index (χ1v) is 7.52. The number of ether oxygens (including phenoxy) is 1. The molecule has 1 aliphatic rings. The maximum atomic E-state index is 12.3. The van der Waals surface area contributed by atoms with E-state index in [1.807, 2.05) is 31.2 Å². The van der Waals surface area contributed by atoms with Gasteiger partial charge in [0.1, 0.15) is 24.3 Å². The molecule has 2 aromatic rings. The summed E-state index contributed by atoms with van der Waals surface area (Å²) in [6.07, 6.45) is 4.83. The summed E-state index contributed by atoms with van der Waals surface area (Å²) in [7, 11) is 0. The summed E-state index contributed by atoms with van der Waals surface area (Å²) in [6, 6.07) is 7.67. The van der Waals surface area contributed by atoms with Gasteiger partial charge in [0.25, 0.3) is 5.91 Å². The second kappa shape index (κ2) is 6.34. The molecular formula is C17H19N3O3. The normalized spacial score (nSPS) is 20.5. The number of rotatable bonds is 4. The Morgan fingerprint density at radius 2 is 2.17 bits per heavy atom. The van der Waals surface area contributed by atoms with Gasteiger partial charge in [0.05, 0.1) is 12.1 Å². The highest BCUT2D eigenvalue weighted by atomic mass is 16.5. The first kappa shape index (κ1) is 15.4. The molecule has 2 heterocycles. The number of aryl methyl sites for hydroxylation is 1. The van der Waals surface area contributed by atoms with E-state index >= 15 is 0 Å². The molecule has 0 bridgehead atoms. The highest BCUT2D eigenvalue weighted by Gasteiger charge is 2.39. The Morgan fingerprint density at radius 1 is 1.39 bits per heavy atom. The van der Waals surface area contributed by atoms with Crippen LogP contribution in [0.2, 0.25) is 0 Å². The number of carbonyl (C=O) groups excluding carboxylic acids is 1. The van der Waals surface area contributed by atoms with Crippen LogP contribution in [0.15, 0.2) is 43.0 Å². The lowest BCUT2D eigenvalue weighted by molar-refractivity contribution is 0.00428. The molecule has 1 amide bonds. The molecular weight excluding hydrogens is 294 g/mol. The number of benzene rings is 1. The fourth-order valence-corrected chi connectivity index (χ4v) is 2.66. The van der Waals surface area contributed by atoms with Crippen LogP contribution in [-0.2, 0) is 0 Å². The number of carbonyl (C=O) groups is 1. The fraction of sp³-hybridized carbons (Fsp3) is 0.353. The van der Waals surface area contributed by atoms with Gasteiger partial charge in [0.15, 0.2) is 0 Å². The van der Waals surface area contributed by atoms with Crippen LogP contribution in [0.1, 0.15) is 22.3 Å². The Kier molecular flexibility index (Phi) is 4.25. The Morgan fingerprint density at radius 3 is 2.91 bits per heavy atom. The zero-order chi connectivity index (χ0) is 16.3. The minimum atomic E-state index is -1.03. The molecule has 1 aliphatic heterocycles. The van der Waals surface area contributed by atoms with E-state index in [0.717, 1.165) is 11.3 Å². The number of aliphatic hydroxyl groups is 1. The molecule has 0 saturated carbocycles. The molecule has 1 N–H and O–H groups in total. The standard InChI is InChI=1S/C17H19N3O3/c1-13-3-2-4-15(7-13)23-11-17(22)5-6-20(10-17)16(21)14-8-18-12-19-9-14/h2-4,7-9,12,22H,5-6,10-11H2,1H3/t17-/m1/s1. The van der Waals surface area contributed by atoms with Gasteiger partial charge >= 0.3 is 0 Å². The minimum Gasteiger partial charge on any atom is -0.491 e. The molecule has 3 rings (SSSR count). The topological polar surface area (TPSA) is 75.6 Å². The van der Waals surface area contributed by atoms with E-state index < -0.39 is 5.60 Å². The predicted molar refractivity (Wildman–Crippen MR) is 84.2 cm³/mol. The quantitative estimate of drug-likeness (QED) is 0.924. The second-order valence-corrected chi connectivity index (χ2v) is 5.93. The van der Waals surface area contributed by atoms with Gasteiger partial charge in [-0.1, -0.05) is 12.1 Å². The van der Waals surface area contributed by atoms with Crippen molar-refractivity contribution in [2.75, 3.05) is 19.7 Å². The van der Waals surface area contributed by atoms with E-state index in [1.54, 1.807) is 4.90 Å². The summed E-state index contributed by atoms with van der Waals surface area (Å²) in [4.78, 5) is 21.7. The van der Waals surface area contributed by atoms with Crippen LogP contribution in [0, 0.1) is 6.92 Å². The maximum Gasteiger partial charge on any atom is 0.257 e. The van der Waals surface area contributed by atoms with Crippen molar-refractivity contribution in [2.24, 2.45) is 0 Å². The van der Waals surface area contributed by atoms with Gasteiger partial charge in [-0.15, -0.1) is 0 Å². The van der Waals surface area contributed by atoms with Gasteiger partial charge in [-0.05, 0) is 31.0 Å². The Hall–Kier alpha value is -2.47. The number of amides is 1. The Balaban J connectivity index is 1.60. The van der Waals surface area contributed by atoms with Gasteiger partial charge in [0, 0.05) is 18.9 Å². The third-order valence-corrected chi connectivity index (χ3v) is 3.92. The van der Waals surface area contributed by atoms with Gasteiger partial charge < -0.3 is 14.7 Å². The molecule has 0 radical (unpaired) electrons. The van der Waals surface area contributed by atoms with Crippen LogP contribution < -0.4 is 4.74 Å². The maximum absolute atomic E-state index is 12.3. The van der Waals surface area contributed by atoms with Crippen molar-refractivity contribution in [3.8, 4) is 5.75 Å². The largest absolute Gasteiger partial charge is 0.491 e. The lowest BCUT2D eigenvalue weighted by atomic mass is 10.1. The number of likely N-dealkylation sites (tertiary alicyclic amines) is 1. The summed E-state index contributed by atoms with van der Waals surface area (Å²) in [6.45, 7) is 2.87. The smallest absolute Gasteiger partial charge is 0.257 e. The van der Waals surface area contributed by atoms with Crippen molar-refractivity contribution in [2.45, 2.75) is 18.9 Å². The van der Waals surface area contributed by atoms with Crippen molar-refractivity contribution < 1.29 is 14.6 Å². The summed E-state index contributed by atoms with van der Waals surface area (Å²) < 4.78 is 5.69. The van der Waals surface area contributed by atoms with Crippen LogP contribution in [0.5, 0.6) is 5.75 Å². The highest BCUT2D eigenvalue weighted by molar-refractivity contribution is 5.93. The molecule has 0 unspecified atom stereocenters. The van der Waals surface area contributed by atoms with Crippen LogP contribution in [0.3, 0.4) is 0 Å². The fourth-order valence-electron chi connectivity index (χ4n) is 2.66. The van der Waals surface area contributed by atoms with E-state index in [0.29, 0.717) is 18.5 Å². The molecule has 0 spiro atoms. The molecule has 0 aliphatic carbocycles. The molecule has 6 heteroatoms. The monoisotopic (exact) mass is 313 g/mol. The Bertz CT molecular complexity index is 692. The average Bonchev–Trinajstić information content (AvgIpc) is 2.96. The third-order valence-electron chi connectivity index (χ3n) is 3.92. The van der Waals surface area contributed by atoms with Gasteiger partial charge in [-0.25, -0.2) is 9.97 Å². The van der Waals surface area contributed by atoms with E-state index in [1.165, 1.54) is 18.7 Å². The van der Waals surface area contributed by atoms with Crippen molar-refractivity contribution in [1.82, 2.24) is 14.9 Å². The first-order valence-electron chi connectivity index (χ1n) is 7.52. The van der Waals surface area contributed by atoms with Gasteiger partial charge in [-0.2, -0.15) is 0 Å². The molecule has 1 aromatic carbocycles. The van der Waals surface area contributed by atoms with E-state index in [2.05, 4.69) is 9.97 Å². The molecule has 1 aromatic heterocycles. The lowest BCUT2D eigenvalue weighted by Gasteiger charge is -2.23. The van der Waals surface area contributed by atoms with Crippen LogP contribution in [0.25, 0.3) is 0 Å². The average molecular weight is 313 g/mol. The molecule has 1 fully saturated rings. The van der Waals surface area contributed by atoms with E-state index in [9.17, 15) is 9.90 Å². The minimum absolute atomic E-state index is 0.158. The SMILES string of the molecule is Cc1cccc(OC[C@@]2(O)CCN(C(=O)c3cncnc3)C2)c1. The van der Waals surface area contributed by atoms with Crippen molar-refractivity contribution >= 4 is 5.91 Å². The molecule has 1 saturated heterocycles. The second-order valence-electron chi connectivity index (χ2n) is 5.93. The zero-order valence-electron chi connectivity index (χ0n) is 13.0. The van der Waals surface area contributed by atoms with Gasteiger partial charge in [0.2, 0.25) is 0 Å². The van der Waals surface area contributed by atoms with Crippen LogP contribution in [-0.4, -0.2) is 51.2 Å². The van der Waals surface area contributed by atoms with Crippen LogP contribution in [0.4, 0.5) is 0 Å². The zero-order valence-corrected chi connectivity index (χ0v) is 13.0. The predicted octanol–water partition coefficient (Wildman–Crippen LogP) is 1.44. The summed E-state index contributed by atoms with van der Waals surface area (Å²) in [5.41, 5.74) is 0.493. The number of aromatic nitrogens is 2. The summed E-state index contributed by atoms with van der Waals surface area (Å²) >= 11 is 0. The molecule has 6 nitrogen and oxygen atoms in total. The number of hydrogen-bond donors (Lipinski definition) is 1. The number of hydrogen-bond acceptors (Lipinski definition) is 5. The summed E-state index contributed by atoms with van der Waals surface area (Å²) in [5, 5.41) is 10.6. The van der Waals surface area contributed by atoms with Crippen molar-refractivity contribution in [1.29, 1.82) is 0 Å². The number of nitrogens with zero attached hydrogens (tertiary/aromatic N) is 3. The molecule has 23 heavy (non-hydrogen) atoms. The number of β-amino-alcohol motifs (C(OH)–C–C–N with tert-alkyl or cyclic N) is 1. The van der Waals surface area contributed by atoms with E-state index in [-0.39, 0.29) is 19.1 Å². The Labute approximate surface area is 134 Å². The molecule has 120 valence electrons. The first-order chi connectivity index (χ1) is 11.1. The van der Waals surface area contributed by atoms with Gasteiger partial charge in [-0.3, -0.25) is 4.79 Å². The summed E-state index contributed by atoms with van der Waals surface area (Å²) in [5.74, 6) is 0.553. The van der Waals surface area contributed by atoms with E-state index in [4.69, 9.17) is 4.74 Å². The lowest BCUT2D eigenvalue weighted by Crippen LogP contribution is -2.40. The van der Waals surface area contributed by atoms with Crippen molar-refractivity contribution in [3.05, 3.63) is 54.1 Å². The van der Waals surface area contributed by atoms with Crippen molar-refractivity contribution in [3.63, 3.8) is 0 Å². The third kappa shape index (κ3) is 3.65. The van der Waals surface area contributed by atoms with Crippen LogP contribution >= 0.6 is 0 Å². The molecule has 1 atom stereocenters. The highest BCUT2D eigenvalue weighted by Crippen LogP contribution is 2.24.